The molecule has 33 heavy (non-hydrogen) atoms. The molecule has 1 aromatic heterocycles. The van der Waals surface area contributed by atoms with Crippen LogP contribution < -0.4 is 4.74 Å². The van der Waals surface area contributed by atoms with Crippen molar-refractivity contribution in [2.75, 3.05) is 0 Å². The number of hydrogen-bond donors (Lipinski definition) is 0. The molecule has 2 unspecified atom stereocenters. The highest BCUT2D eigenvalue weighted by atomic mass is 35.5. The summed E-state index contributed by atoms with van der Waals surface area (Å²) in [5.74, 6) is 1.52. The lowest BCUT2D eigenvalue weighted by Crippen LogP contribution is -2.27. The van der Waals surface area contributed by atoms with Gasteiger partial charge in [-0.3, -0.25) is 4.79 Å². The van der Waals surface area contributed by atoms with Crippen molar-refractivity contribution >= 4 is 17.6 Å². The summed E-state index contributed by atoms with van der Waals surface area (Å²) in [6, 6.07) is 7.29. The predicted molar refractivity (Wildman–Crippen MR) is 138 cm³/mol. The molecule has 0 saturated carbocycles. The van der Waals surface area contributed by atoms with Crippen LogP contribution in [0.3, 0.4) is 0 Å². The highest BCUT2D eigenvalue weighted by Gasteiger charge is 2.24. The van der Waals surface area contributed by atoms with Gasteiger partial charge in [-0.25, -0.2) is 9.97 Å². The highest BCUT2D eigenvalue weighted by molar-refractivity contribution is 6.30. The smallest absolute Gasteiger partial charge is 0.329 e. The third-order valence-electron chi connectivity index (χ3n) is 6.02. The lowest BCUT2D eigenvalue weighted by atomic mass is 9.97. The van der Waals surface area contributed by atoms with Crippen LogP contribution in [0.15, 0.2) is 36.7 Å². The molecular weight excluding hydrogens is 432 g/mol. The standard InChI is InChI=1S/C28H41ClN2O2/c1-5-6-7-8-9-10-14-23-19-30-27(31-20-23)24-15-17-25(18-16-24)33-28(32)26(29)22(4)13-11-12-21(2)3/h15-22,26H,5-14H2,1-4H3. The zero-order chi connectivity index (χ0) is 24.1. The Bertz CT molecular complexity index is 806. The number of alkyl halides is 1. The Balaban J connectivity index is 1.81. The summed E-state index contributed by atoms with van der Waals surface area (Å²) in [6.45, 7) is 8.66. The summed E-state index contributed by atoms with van der Waals surface area (Å²) >= 11 is 6.36. The molecule has 182 valence electrons. The first-order valence-electron chi connectivity index (χ1n) is 12.7. The van der Waals surface area contributed by atoms with Gasteiger partial charge in [-0.1, -0.05) is 72.6 Å². The number of nitrogens with zero attached hydrogens (tertiary/aromatic N) is 2. The minimum atomic E-state index is -0.639. The van der Waals surface area contributed by atoms with Crippen LogP contribution in [0.4, 0.5) is 0 Å². The SMILES string of the molecule is CCCCCCCCc1cnc(-c2ccc(OC(=O)C(Cl)C(C)CCCC(C)C)cc2)nc1. The Morgan fingerprint density at radius 3 is 2.18 bits per heavy atom. The molecule has 1 heterocycles. The molecule has 2 rings (SSSR count). The number of carbonyl (C=O) groups is 1. The topological polar surface area (TPSA) is 52.1 Å². The quantitative estimate of drug-likeness (QED) is 0.114. The molecule has 1 aromatic carbocycles. The number of hydrogen-bond acceptors (Lipinski definition) is 4. The lowest BCUT2D eigenvalue weighted by molar-refractivity contribution is -0.134. The molecular formula is C28H41ClN2O2. The number of rotatable bonds is 15. The van der Waals surface area contributed by atoms with Crippen molar-refractivity contribution in [2.45, 2.75) is 97.3 Å². The fourth-order valence-electron chi connectivity index (χ4n) is 3.81. The number of ether oxygens (including phenoxy) is 1. The minimum absolute atomic E-state index is 0.0837. The van der Waals surface area contributed by atoms with Crippen molar-refractivity contribution in [3.05, 3.63) is 42.2 Å². The largest absolute Gasteiger partial charge is 0.425 e. The second-order valence-corrected chi connectivity index (χ2v) is 10.1. The zero-order valence-electron chi connectivity index (χ0n) is 20.9. The van der Waals surface area contributed by atoms with E-state index in [2.05, 4.69) is 30.7 Å². The number of carbonyl (C=O) groups excluding carboxylic acids is 1. The van der Waals surface area contributed by atoms with Gasteiger partial charge in [0.2, 0.25) is 0 Å². The van der Waals surface area contributed by atoms with E-state index in [1.54, 1.807) is 12.1 Å². The van der Waals surface area contributed by atoms with Crippen molar-refractivity contribution < 1.29 is 9.53 Å². The van der Waals surface area contributed by atoms with Crippen molar-refractivity contribution in [1.29, 1.82) is 0 Å². The van der Waals surface area contributed by atoms with Gasteiger partial charge in [0.05, 0.1) is 0 Å². The van der Waals surface area contributed by atoms with Crippen LogP contribution in [0.5, 0.6) is 5.75 Å². The molecule has 0 aliphatic carbocycles. The van der Waals surface area contributed by atoms with E-state index in [9.17, 15) is 4.79 Å². The first-order chi connectivity index (χ1) is 15.9. The fraction of sp³-hybridized carbons (Fsp3) is 0.607. The lowest BCUT2D eigenvalue weighted by Gasteiger charge is -2.17. The second kappa shape index (κ2) is 15.1. The minimum Gasteiger partial charge on any atom is -0.425 e. The Morgan fingerprint density at radius 1 is 0.909 bits per heavy atom. The van der Waals surface area contributed by atoms with Gasteiger partial charge in [0.1, 0.15) is 11.1 Å². The molecule has 0 bridgehead atoms. The molecule has 0 radical (unpaired) electrons. The molecule has 0 aliphatic rings. The Kier molecular flexibility index (Phi) is 12.5. The molecule has 5 heteroatoms. The van der Waals surface area contributed by atoms with Gasteiger partial charge < -0.3 is 4.74 Å². The normalized spacial score (nSPS) is 13.2. The van der Waals surface area contributed by atoms with Crippen molar-refractivity contribution in [1.82, 2.24) is 9.97 Å². The average Bonchev–Trinajstić information content (AvgIpc) is 2.81. The Labute approximate surface area is 205 Å². The molecule has 2 aromatic rings. The van der Waals surface area contributed by atoms with E-state index in [1.165, 1.54) is 44.1 Å². The van der Waals surface area contributed by atoms with E-state index in [0.717, 1.165) is 31.2 Å². The van der Waals surface area contributed by atoms with Crippen LogP contribution >= 0.6 is 11.6 Å². The van der Waals surface area contributed by atoms with Crippen LogP contribution in [-0.2, 0) is 11.2 Å². The first kappa shape index (κ1) is 27.3. The van der Waals surface area contributed by atoms with Gasteiger partial charge in [0, 0.05) is 18.0 Å². The van der Waals surface area contributed by atoms with Gasteiger partial charge in [0.25, 0.3) is 0 Å². The van der Waals surface area contributed by atoms with Gasteiger partial charge in [-0.05, 0) is 60.9 Å². The zero-order valence-corrected chi connectivity index (χ0v) is 21.6. The van der Waals surface area contributed by atoms with Gasteiger partial charge in [0.15, 0.2) is 5.82 Å². The first-order valence-corrected chi connectivity index (χ1v) is 13.1. The molecule has 0 amide bonds. The number of benzene rings is 1. The number of esters is 1. The maximum atomic E-state index is 12.4. The summed E-state index contributed by atoms with van der Waals surface area (Å²) in [5, 5.41) is -0.639. The van der Waals surface area contributed by atoms with Crippen LogP contribution in [0.2, 0.25) is 0 Å². The summed E-state index contributed by atoms with van der Waals surface area (Å²) < 4.78 is 5.50. The van der Waals surface area contributed by atoms with E-state index in [1.807, 2.05) is 31.5 Å². The molecule has 0 spiro atoms. The van der Waals surface area contributed by atoms with Gasteiger partial charge in [-0.15, -0.1) is 11.6 Å². The van der Waals surface area contributed by atoms with Gasteiger partial charge >= 0.3 is 5.97 Å². The monoisotopic (exact) mass is 472 g/mol. The highest BCUT2D eigenvalue weighted by Crippen LogP contribution is 2.23. The third-order valence-corrected chi connectivity index (χ3v) is 6.63. The number of unbranched alkanes of at least 4 members (excludes halogenated alkanes) is 5. The summed E-state index contributed by atoms with van der Waals surface area (Å²) in [4.78, 5) is 21.5. The van der Waals surface area contributed by atoms with Crippen LogP contribution in [0, 0.1) is 11.8 Å². The van der Waals surface area contributed by atoms with E-state index >= 15 is 0 Å². The number of aryl methyl sites for hydroxylation is 1. The molecule has 4 nitrogen and oxygen atoms in total. The summed E-state index contributed by atoms with van der Waals surface area (Å²) in [7, 11) is 0. The van der Waals surface area contributed by atoms with Crippen LogP contribution in [-0.4, -0.2) is 21.3 Å². The van der Waals surface area contributed by atoms with E-state index < -0.39 is 11.3 Å². The Morgan fingerprint density at radius 2 is 1.55 bits per heavy atom. The number of halogens is 1. The van der Waals surface area contributed by atoms with Crippen molar-refractivity contribution in [3.63, 3.8) is 0 Å². The maximum absolute atomic E-state index is 12.4. The average molecular weight is 473 g/mol. The molecule has 0 aliphatic heterocycles. The van der Waals surface area contributed by atoms with Crippen LogP contribution in [0.1, 0.15) is 91.0 Å². The molecule has 0 fully saturated rings. The number of aromatic nitrogens is 2. The van der Waals surface area contributed by atoms with Crippen LogP contribution in [0.25, 0.3) is 11.4 Å². The van der Waals surface area contributed by atoms with Crippen molar-refractivity contribution in [2.24, 2.45) is 11.8 Å². The van der Waals surface area contributed by atoms with E-state index in [0.29, 0.717) is 17.5 Å². The predicted octanol–water partition coefficient (Wildman–Crippen LogP) is 8.02. The molecule has 2 atom stereocenters. The second-order valence-electron chi connectivity index (χ2n) is 9.58. The summed E-state index contributed by atoms with van der Waals surface area (Å²) in [6.07, 6.45) is 15.7. The summed E-state index contributed by atoms with van der Waals surface area (Å²) in [5.41, 5.74) is 2.07. The molecule has 0 saturated heterocycles. The van der Waals surface area contributed by atoms with E-state index in [4.69, 9.17) is 16.3 Å². The van der Waals surface area contributed by atoms with E-state index in [-0.39, 0.29) is 5.92 Å². The third kappa shape index (κ3) is 10.2. The molecule has 0 N–H and O–H groups in total. The van der Waals surface area contributed by atoms with Crippen molar-refractivity contribution in [3.8, 4) is 17.1 Å². The fourth-order valence-corrected chi connectivity index (χ4v) is 3.98. The Hall–Kier alpha value is -1.94. The van der Waals surface area contributed by atoms with Gasteiger partial charge in [-0.2, -0.15) is 0 Å². The maximum Gasteiger partial charge on any atom is 0.329 e.